The molecule has 0 aromatic rings. The highest BCUT2D eigenvalue weighted by Crippen LogP contribution is 2.48. The van der Waals surface area contributed by atoms with E-state index in [1.165, 1.54) is 6.26 Å². The lowest BCUT2D eigenvalue weighted by Crippen LogP contribution is -2.30. The van der Waals surface area contributed by atoms with E-state index < -0.39 is 9.84 Å². The molecule has 0 unspecified atom stereocenters. The molecule has 0 aliphatic heterocycles. The zero-order valence-corrected chi connectivity index (χ0v) is 9.64. The third-order valence-electron chi connectivity index (χ3n) is 3.52. The third-order valence-corrected chi connectivity index (χ3v) is 5.31. The van der Waals surface area contributed by atoms with Gasteiger partial charge in [0.25, 0.3) is 0 Å². The molecule has 0 aromatic carbocycles. The van der Waals surface area contributed by atoms with E-state index >= 15 is 0 Å². The molecular formula is C9H13NO2S2. The van der Waals surface area contributed by atoms with E-state index in [1.807, 2.05) is 0 Å². The van der Waals surface area contributed by atoms with Gasteiger partial charge in [0.05, 0.1) is 16.5 Å². The van der Waals surface area contributed by atoms with Crippen LogP contribution in [0.3, 0.4) is 0 Å². The van der Waals surface area contributed by atoms with Crippen molar-refractivity contribution in [3.05, 3.63) is 0 Å². The molecule has 0 radical (unpaired) electrons. The average Bonchev–Trinajstić information content (AvgIpc) is 2.61. The lowest BCUT2D eigenvalue weighted by molar-refractivity contribution is 0.417. The summed E-state index contributed by atoms with van der Waals surface area (Å²) in [5, 5.41) is 2.29. The summed E-state index contributed by atoms with van der Waals surface area (Å²) in [6.45, 7) is 0. The molecule has 2 fully saturated rings. The maximum Gasteiger partial charge on any atom is 0.150 e. The predicted octanol–water partition coefficient (Wildman–Crippen LogP) is 1.30. The van der Waals surface area contributed by atoms with Crippen LogP contribution in [0.25, 0.3) is 0 Å². The molecule has 2 bridgehead atoms. The fraction of sp³-hybridized carbons (Fsp3) is 0.889. The Labute approximate surface area is 89.5 Å². The first-order valence-electron chi connectivity index (χ1n) is 4.78. The van der Waals surface area contributed by atoms with Crippen LogP contribution in [-0.4, -0.2) is 31.1 Å². The Morgan fingerprint density at radius 3 is 2.43 bits per heavy atom. The van der Waals surface area contributed by atoms with Gasteiger partial charge in [-0.1, -0.05) is 0 Å². The number of hydrogen-bond acceptors (Lipinski definition) is 4. The van der Waals surface area contributed by atoms with Crippen molar-refractivity contribution in [2.45, 2.75) is 30.6 Å². The van der Waals surface area contributed by atoms with E-state index in [0.29, 0.717) is 11.8 Å². The highest BCUT2D eigenvalue weighted by atomic mass is 32.2. The normalized spacial score (nSPS) is 40.9. The van der Waals surface area contributed by atoms with Gasteiger partial charge in [-0.15, -0.1) is 0 Å². The number of aliphatic imine (C=N–C) groups is 1. The summed E-state index contributed by atoms with van der Waals surface area (Å²) in [7, 11) is -2.86. The number of fused-ring (bicyclic) bond motifs is 2. The molecule has 3 nitrogen and oxygen atoms in total. The molecule has 2 aliphatic carbocycles. The predicted molar refractivity (Wildman–Crippen MR) is 58.3 cm³/mol. The van der Waals surface area contributed by atoms with Gasteiger partial charge in [-0.25, -0.2) is 13.4 Å². The fourth-order valence-electron chi connectivity index (χ4n) is 2.94. The van der Waals surface area contributed by atoms with Crippen molar-refractivity contribution in [1.29, 1.82) is 0 Å². The van der Waals surface area contributed by atoms with Crippen molar-refractivity contribution < 1.29 is 8.42 Å². The molecule has 78 valence electrons. The molecule has 2 saturated carbocycles. The van der Waals surface area contributed by atoms with Crippen molar-refractivity contribution in [1.82, 2.24) is 0 Å². The Bertz CT molecular complexity index is 384. The van der Waals surface area contributed by atoms with Crippen LogP contribution in [0.1, 0.15) is 19.3 Å². The van der Waals surface area contributed by atoms with Crippen LogP contribution in [0.4, 0.5) is 0 Å². The number of hydrogen-bond donors (Lipinski definition) is 0. The van der Waals surface area contributed by atoms with E-state index in [9.17, 15) is 8.42 Å². The van der Waals surface area contributed by atoms with E-state index in [-0.39, 0.29) is 11.3 Å². The Hall–Kier alpha value is -0.250. The second kappa shape index (κ2) is 3.40. The number of sulfone groups is 1. The highest BCUT2D eigenvalue weighted by molar-refractivity contribution is 7.91. The van der Waals surface area contributed by atoms with Gasteiger partial charge in [0.2, 0.25) is 0 Å². The molecule has 0 heterocycles. The summed E-state index contributed by atoms with van der Waals surface area (Å²) in [5.41, 5.74) is 0. The molecule has 5 heteroatoms. The molecule has 0 amide bonds. The zero-order chi connectivity index (χ0) is 10.3. The number of nitrogens with zero attached hydrogens (tertiary/aromatic N) is 1. The Balaban J connectivity index is 2.14. The van der Waals surface area contributed by atoms with Crippen LogP contribution in [0.2, 0.25) is 0 Å². The van der Waals surface area contributed by atoms with Crippen molar-refractivity contribution in [2.24, 2.45) is 16.8 Å². The zero-order valence-electron chi connectivity index (χ0n) is 8.01. The van der Waals surface area contributed by atoms with Crippen LogP contribution in [0.15, 0.2) is 4.99 Å². The largest absolute Gasteiger partial charge is 0.229 e. The molecule has 4 atom stereocenters. The summed E-state index contributed by atoms with van der Waals surface area (Å²) in [6.07, 6.45) is 4.00. The minimum absolute atomic E-state index is 0.121. The van der Waals surface area contributed by atoms with Gasteiger partial charge in [-0.2, -0.15) is 0 Å². The lowest BCUT2D eigenvalue weighted by atomic mass is 9.95. The first-order valence-corrected chi connectivity index (χ1v) is 7.14. The number of thiocarbonyl (C=S) groups is 1. The van der Waals surface area contributed by atoms with Gasteiger partial charge in [0.15, 0.2) is 9.84 Å². The van der Waals surface area contributed by atoms with Crippen LogP contribution < -0.4 is 0 Å². The molecule has 14 heavy (non-hydrogen) atoms. The van der Waals surface area contributed by atoms with Crippen LogP contribution in [0, 0.1) is 11.8 Å². The third kappa shape index (κ3) is 1.64. The quantitative estimate of drug-likeness (QED) is 0.531. The molecule has 0 N–H and O–H groups in total. The van der Waals surface area contributed by atoms with E-state index in [1.54, 1.807) is 0 Å². The second-order valence-corrected chi connectivity index (χ2v) is 6.83. The summed E-state index contributed by atoms with van der Waals surface area (Å²) in [6, 6.07) is 0.246. The minimum Gasteiger partial charge on any atom is -0.229 e. The molecule has 2 aliphatic rings. The van der Waals surface area contributed by atoms with E-state index in [2.05, 4.69) is 22.4 Å². The van der Waals surface area contributed by atoms with Gasteiger partial charge < -0.3 is 0 Å². The molecule has 2 rings (SSSR count). The van der Waals surface area contributed by atoms with E-state index in [0.717, 1.165) is 19.3 Å². The Morgan fingerprint density at radius 1 is 1.29 bits per heavy atom. The summed E-state index contributed by atoms with van der Waals surface area (Å²) in [4.78, 5) is 4.09. The van der Waals surface area contributed by atoms with Gasteiger partial charge in [0, 0.05) is 6.26 Å². The SMILES string of the molecule is CS(=O)(=O)[C@H]1C[C@H]2C[C@@H]1C[C@@H]2N=C=S. The second-order valence-electron chi connectivity index (χ2n) is 4.38. The number of rotatable bonds is 2. The van der Waals surface area contributed by atoms with Crippen molar-refractivity contribution >= 4 is 27.2 Å². The minimum atomic E-state index is -2.86. The lowest BCUT2D eigenvalue weighted by Gasteiger charge is -2.23. The van der Waals surface area contributed by atoms with E-state index in [4.69, 9.17) is 0 Å². The molecular weight excluding hydrogens is 218 g/mol. The van der Waals surface area contributed by atoms with Crippen LogP contribution in [0.5, 0.6) is 0 Å². The van der Waals surface area contributed by atoms with Gasteiger partial charge in [0.1, 0.15) is 0 Å². The van der Waals surface area contributed by atoms with Gasteiger partial charge >= 0.3 is 0 Å². The first kappa shape index (κ1) is 10.3. The topological polar surface area (TPSA) is 46.5 Å². The van der Waals surface area contributed by atoms with Crippen molar-refractivity contribution in [3.63, 3.8) is 0 Å². The monoisotopic (exact) mass is 231 g/mol. The maximum absolute atomic E-state index is 11.4. The smallest absolute Gasteiger partial charge is 0.150 e. The van der Waals surface area contributed by atoms with Crippen molar-refractivity contribution in [2.75, 3.05) is 6.26 Å². The Kier molecular flexibility index (Phi) is 2.50. The van der Waals surface area contributed by atoms with Crippen molar-refractivity contribution in [3.8, 4) is 0 Å². The maximum atomic E-state index is 11.4. The standard InChI is InChI=1S/C9H13NO2S2/c1-14(11,12)9-4-6-2-7(9)3-8(6)10-5-13/h6-9H,2-4H2,1H3/t6-,7-,8+,9+/m1/s1. The highest BCUT2D eigenvalue weighted by Gasteiger charge is 2.49. The Morgan fingerprint density at radius 2 is 2.00 bits per heavy atom. The molecule has 0 spiro atoms. The molecule has 0 saturated heterocycles. The van der Waals surface area contributed by atoms with Crippen LogP contribution in [-0.2, 0) is 9.84 Å². The summed E-state index contributed by atoms with van der Waals surface area (Å²) in [5.74, 6) is 0.738. The first-order chi connectivity index (χ1) is 6.52. The average molecular weight is 231 g/mol. The number of isothiocyanates is 1. The summed E-state index contributed by atoms with van der Waals surface area (Å²) < 4.78 is 22.8. The van der Waals surface area contributed by atoms with Gasteiger partial charge in [-0.05, 0) is 43.3 Å². The van der Waals surface area contributed by atoms with Crippen LogP contribution >= 0.6 is 12.2 Å². The summed E-state index contributed by atoms with van der Waals surface area (Å²) >= 11 is 4.57. The van der Waals surface area contributed by atoms with Gasteiger partial charge in [-0.3, -0.25) is 0 Å². The molecule has 0 aromatic heterocycles. The fourth-order valence-corrected chi connectivity index (χ4v) is 4.60.